The second-order valence-corrected chi connectivity index (χ2v) is 7.79. The van der Waals surface area contributed by atoms with Crippen LogP contribution in [0.15, 0.2) is 47.6 Å². The Kier molecular flexibility index (Phi) is 6.41. The van der Waals surface area contributed by atoms with Crippen molar-refractivity contribution in [1.82, 2.24) is 9.55 Å². The van der Waals surface area contributed by atoms with Crippen LogP contribution in [0.2, 0.25) is 0 Å². The first kappa shape index (κ1) is 20.0. The third-order valence-electron chi connectivity index (χ3n) is 4.13. The number of nitrogens with zero attached hydrogens (tertiary/aromatic N) is 2. The monoisotopic (exact) mass is 403 g/mol. The lowest BCUT2D eigenvalue weighted by molar-refractivity contribution is 0.168. The van der Waals surface area contributed by atoms with Gasteiger partial charge in [-0.15, -0.1) is 0 Å². The van der Waals surface area contributed by atoms with E-state index in [0.29, 0.717) is 22.0 Å². The van der Waals surface area contributed by atoms with E-state index in [0.717, 1.165) is 18.2 Å². The lowest BCUT2D eigenvalue weighted by atomic mass is 10.2. The second-order valence-electron chi connectivity index (χ2n) is 6.22. The second kappa shape index (κ2) is 8.97. The van der Waals surface area contributed by atoms with Crippen molar-refractivity contribution in [3.63, 3.8) is 0 Å². The van der Waals surface area contributed by atoms with Crippen LogP contribution >= 0.6 is 0 Å². The lowest BCUT2D eigenvalue weighted by Gasteiger charge is -2.10. The zero-order valence-corrected chi connectivity index (χ0v) is 16.6. The molecule has 2 heterocycles. The largest absolute Gasteiger partial charge is 0.450 e. The van der Waals surface area contributed by atoms with E-state index in [1.165, 1.54) is 12.1 Å². The van der Waals surface area contributed by atoms with Crippen LogP contribution in [-0.2, 0) is 15.5 Å². The fraction of sp³-hybridized carbons (Fsp3) is 0.300. The highest BCUT2D eigenvalue weighted by Gasteiger charge is 2.12. The van der Waals surface area contributed by atoms with Gasteiger partial charge in [-0.2, -0.15) is 0 Å². The normalized spacial score (nSPS) is 12.1. The van der Waals surface area contributed by atoms with Crippen molar-refractivity contribution in [2.24, 2.45) is 0 Å². The molecule has 148 valence electrons. The first-order valence-corrected chi connectivity index (χ1v) is 10.4. The molecule has 0 saturated carbocycles. The van der Waals surface area contributed by atoms with Crippen molar-refractivity contribution >= 4 is 33.6 Å². The molecule has 28 heavy (non-hydrogen) atoms. The van der Waals surface area contributed by atoms with Gasteiger partial charge in [-0.05, 0) is 43.7 Å². The first-order chi connectivity index (χ1) is 13.5. The van der Waals surface area contributed by atoms with E-state index >= 15 is 0 Å². The number of amides is 1. The van der Waals surface area contributed by atoms with Crippen LogP contribution < -0.4 is 5.32 Å². The van der Waals surface area contributed by atoms with Gasteiger partial charge < -0.3 is 9.30 Å². The first-order valence-electron chi connectivity index (χ1n) is 9.12. The predicted octanol–water partition coefficient (Wildman–Crippen LogP) is 4.64. The summed E-state index contributed by atoms with van der Waals surface area (Å²) in [5, 5.41) is 3.31. The molecule has 1 amide bonds. The summed E-state index contributed by atoms with van der Waals surface area (Å²) in [7, 11) is -1.08. The van der Waals surface area contributed by atoms with Gasteiger partial charge in [0, 0.05) is 29.2 Å². The van der Waals surface area contributed by atoms with E-state index in [4.69, 9.17) is 4.74 Å². The summed E-state index contributed by atoms with van der Waals surface area (Å²) < 4.78 is 33.0. The number of nitrogens with one attached hydrogen (secondary N) is 1. The molecule has 2 aromatic heterocycles. The number of carbonyl (C=O) groups excluding carboxylic acids is 1. The number of pyridine rings is 1. The van der Waals surface area contributed by atoms with Gasteiger partial charge in [0.2, 0.25) is 0 Å². The van der Waals surface area contributed by atoms with Gasteiger partial charge in [0.25, 0.3) is 0 Å². The molecular formula is C20H22FN3O3S. The van der Waals surface area contributed by atoms with Crippen LogP contribution in [0.1, 0.15) is 26.7 Å². The van der Waals surface area contributed by atoms with Gasteiger partial charge in [-0.1, -0.05) is 13.3 Å². The molecule has 0 aliphatic carbocycles. The molecule has 1 atom stereocenters. The fourth-order valence-corrected chi connectivity index (χ4v) is 4.02. The van der Waals surface area contributed by atoms with Gasteiger partial charge in [-0.3, -0.25) is 9.53 Å². The average molecular weight is 403 g/mol. The quantitative estimate of drug-likeness (QED) is 0.624. The maximum absolute atomic E-state index is 14.1. The molecule has 0 aliphatic heterocycles. The van der Waals surface area contributed by atoms with Crippen LogP contribution in [0, 0.1) is 5.82 Å². The molecule has 0 aliphatic rings. The molecule has 1 unspecified atom stereocenters. The Bertz CT molecular complexity index is 1020. The Balaban J connectivity index is 1.92. The number of ether oxygens (including phenoxy) is 1. The van der Waals surface area contributed by atoms with Crippen LogP contribution in [0.4, 0.5) is 14.9 Å². The van der Waals surface area contributed by atoms with Crippen molar-refractivity contribution < 1.29 is 18.1 Å². The van der Waals surface area contributed by atoms with Gasteiger partial charge in [0.15, 0.2) is 0 Å². The van der Waals surface area contributed by atoms with Crippen LogP contribution in [0.3, 0.4) is 0 Å². The summed E-state index contributed by atoms with van der Waals surface area (Å²) >= 11 is 0. The summed E-state index contributed by atoms with van der Waals surface area (Å²) in [6.07, 6.45) is 4.60. The smallest absolute Gasteiger partial charge is 0.411 e. The van der Waals surface area contributed by atoms with E-state index in [1.54, 1.807) is 30.0 Å². The van der Waals surface area contributed by atoms with Crippen molar-refractivity contribution in [2.45, 2.75) is 31.6 Å². The Hall–Kier alpha value is -2.74. The highest BCUT2D eigenvalue weighted by molar-refractivity contribution is 7.85. The summed E-state index contributed by atoms with van der Waals surface area (Å²) in [6, 6.07) is 7.89. The Labute approximate surface area is 165 Å². The standard InChI is InChI=1S/C20H22FN3O3S/c1-3-5-8-28(26)18-9-14-6-7-24(19(14)22-13-18)17-11-15(21)10-16(12-17)23-20(25)27-4-2/h6-7,9-13H,3-5,8H2,1-2H3,(H,23,25). The number of rotatable bonds is 7. The number of halogens is 1. The van der Waals surface area contributed by atoms with Crippen molar-refractivity contribution in [3.05, 3.63) is 48.5 Å². The number of hydrogen-bond donors (Lipinski definition) is 1. The van der Waals surface area contributed by atoms with Crippen molar-refractivity contribution in [3.8, 4) is 5.69 Å². The maximum atomic E-state index is 14.1. The van der Waals surface area contributed by atoms with Gasteiger partial charge in [-0.25, -0.2) is 14.2 Å². The summed E-state index contributed by atoms with van der Waals surface area (Å²) in [6.45, 7) is 3.97. The number of anilines is 1. The van der Waals surface area contributed by atoms with Crippen molar-refractivity contribution in [2.75, 3.05) is 17.7 Å². The molecule has 1 aromatic carbocycles. The third-order valence-corrected chi connectivity index (χ3v) is 5.54. The zero-order valence-electron chi connectivity index (χ0n) is 15.8. The zero-order chi connectivity index (χ0) is 20.1. The SMILES string of the molecule is CCCCS(=O)c1cnc2c(ccn2-c2cc(F)cc(NC(=O)OCC)c2)c1. The molecule has 0 radical (unpaired) electrons. The van der Waals surface area contributed by atoms with E-state index in [-0.39, 0.29) is 12.3 Å². The van der Waals surface area contributed by atoms with Gasteiger partial charge in [0.1, 0.15) is 11.5 Å². The summed E-state index contributed by atoms with van der Waals surface area (Å²) in [4.78, 5) is 16.7. The van der Waals surface area contributed by atoms with E-state index in [1.807, 2.05) is 12.1 Å². The average Bonchev–Trinajstić information content (AvgIpc) is 3.09. The van der Waals surface area contributed by atoms with E-state index < -0.39 is 22.7 Å². The maximum Gasteiger partial charge on any atom is 0.411 e. The van der Waals surface area contributed by atoms with Crippen LogP contribution in [-0.4, -0.2) is 32.2 Å². The van der Waals surface area contributed by atoms with E-state index in [9.17, 15) is 13.4 Å². The number of unbranched alkanes of at least 4 members (excludes halogenated alkanes) is 1. The lowest BCUT2D eigenvalue weighted by Crippen LogP contribution is -2.13. The fourth-order valence-electron chi connectivity index (χ4n) is 2.80. The molecule has 0 spiro atoms. The molecule has 0 saturated heterocycles. The van der Waals surface area contributed by atoms with Crippen molar-refractivity contribution in [1.29, 1.82) is 0 Å². The number of aromatic nitrogens is 2. The highest BCUT2D eigenvalue weighted by atomic mass is 32.2. The number of benzene rings is 1. The molecular weight excluding hydrogens is 381 g/mol. The Morgan fingerprint density at radius 2 is 2.11 bits per heavy atom. The molecule has 3 aromatic rings. The number of fused-ring (bicyclic) bond motifs is 1. The minimum atomic E-state index is -1.08. The third kappa shape index (κ3) is 4.56. The van der Waals surface area contributed by atoms with Crippen LogP contribution in [0.5, 0.6) is 0 Å². The number of hydrogen-bond acceptors (Lipinski definition) is 4. The summed E-state index contributed by atoms with van der Waals surface area (Å²) in [5.41, 5.74) is 1.41. The predicted molar refractivity (Wildman–Crippen MR) is 108 cm³/mol. The van der Waals surface area contributed by atoms with Gasteiger partial charge in [0.05, 0.1) is 28.0 Å². The van der Waals surface area contributed by atoms with Crippen LogP contribution in [0.25, 0.3) is 16.7 Å². The topological polar surface area (TPSA) is 73.2 Å². The number of carbonyl (C=O) groups is 1. The molecule has 8 heteroatoms. The summed E-state index contributed by atoms with van der Waals surface area (Å²) in [5.74, 6) is 0.111. The molecule has 6 nitrogen and oxygen atoms in total. The van der Waals surface area contributed by atoms with Gasteiger partial charge >= 0.3 is 6.09 Å². The minimum Gasteiger partial charge on any atom is -0.450 e. The molecule has 3 rings (SSSR count). The Morgan fingerprint density at radius 3 is 2.86 bits per heavy atom. The highest BCUT2D eigenvalue weighted by Crippen LogP contribution is 2.24. The van der Waals surface area contributed by atoms with E-state index in [2.05, 4.69) is 17.2 Å². The molecule has 0 bridgehead atoms. The molecule has 0 fully saturated rings. The minimum absolute atomic E-state index is 0.224. The molecule has 1 N–H and O–H groups in total. The Morgan fingerprint density at radius 1 is 1.29 bits per heavy atom.